The number of benzene rings is 3. The highest BCUT2D eigenvalue weighted by Gasteiger charge is 2.26. The average molecular weight is 695 g/mol. The summed E-state index contributed by atoms with van der Waals surface area (Å²) in [5.41, 5.74) is 3.79. The Bertz CT molecular complexity index is 2020. The summed E-state index contributed by atoms with van der Waals surface area (Å²) in [5.74, 6) is -1.03. The zero-order valence-electron chi connectivity index (χ0n) is 26.8. The normalized spacial score (nSPS) is 11.9. The van der Waals surface area contributed by atoms with Gasteiger partial charge >= 0.3 is 0 Å². The highest BCUT2D eigenvalue weighted by atomic mass is 35.5. The van der Waals surface area contributed by atoms with E-state index in [1.54, 1.807) is 55.0 Å². The molecule has 0 saturated heterocycles. The van der Waals surface area contributed by atoms with Gasteiger partial charge in [-0.15, -0.1) is 17.5 Å². The van der Waals surface area contributed by atoms with Crippen LogP contribution in [0.5, 0.6) is 5.75 Å². The summed E-state index contributed by atoms with van der Waals surface area (Å²) < 4.78 is 44.7. The Hall–Kier alpha value is -4.85. The zero-order chi connectivity index (χ0) is 33.7. The van der Waals surface area contributed by atoms with E-state index in [4.69, 9.17) is 4.74 Å². The molecule has 2 amide bonds. The number of sulfone groups is 1. The van der Waals surface area contributed by atoms with Gasteiger partial charge in [0.15, 0.2) is 15.5 Å². The minimum atomic E-state index is -3.52. The first kappa shape index (κ1) is 36.0. The van der Waals surface area contributed by atoms with Gasteiger partial charge in [0, 0.05) is 36.2 Å². The van der Waals surface area contributed by atoms with Crippen molar-refractivity contribution in [3.63, 3.8) is 0 Å². The van der Waals surface area contributed by atoms with E-state index in [0.29, 0.717) is 35.6 Å². The number of carbonyl (C=O) groups excluding carboxylic acids is 2. The molecular weight excluding hydrogens is 659 g/mol. The van der Waals surface area contributed by atoms with Crippen molar-refractivity contribution in [3.05, 3.63) is 96.4 Å². The maximum atomic E-state index is 13.6. The third-order valence-electron chi connectivity index (χ3n) is 7.66. The number of carbonyl (C=O) groups is 2. The molecule has 3 aromatic carbocycles. The van der Waals surface area contributed by atoms with Crippen molar-refractivity contribution in [1.29, 1.82) is 0 Å². The highest BCUT2D eigenvalue weighted by Crippen LogP contribution is 2.35. The zero-order valence-corrected chi connectivity index (χ0v) is 28.4. The Kier molecular flexibility index (Phi) is 11.5. The van der Waals surface area contributed by atoms with Gasteiger partial charge in [-0.2, -0.15) is 4.98 Å². The van der Waals surface area contributed by atoms with Crippen molar-refractivity contribution in [3.8, 4) is 16.9 Å². The van der Waals surface area contributed by atoms with Gasteiger partial charge in [-0.1, -0.05) is 24.3 Å². The predicted molar refractivity (Wildman–Crippen MR) is 186 cm³/mol. The SMILES string of the molecule is CNCCCC(=O)N(c1nc2ccc(-c3ccc(NC(=O)[C@H](C)c4ccc(F)cc4)cc3)cn2n1)c1ccc(S(C)(=O)=O)cc1OC.Cl. The molecule has 5 rings (SSSR count). The number of pyridine rings is 1. The lowest BCUT2D eigenvalue weighted by molar-refractivity contribution is -0.118. The summed E-state index contributed by atoms with van der Waals surface area (Å²) in [6.07, 6.45) is 3.63. The predicted octanol–water partition coefficient (Wildman–Crippen LogP) is 5.78. The largest absolute Gasteiger partial charge is 0.495 e. The number of methoxy groups -OCH3 is 1. The minimum Gasteiger partial charge on any atom is -0.495 e. The number of hydrogen-bond donors (Lipinski definition) is 2. The molecule has 1 atom stereocenters. The van der Waals surface area contributed by atoms with Crippen LogP contribution in [0.4, 0.5) is 21.7 Å². The third-order valence-corrected chi connectivity index (χ3v) is 8.77. The molecule has 0 saturated carbocycles. The van der Waals surface area contributed by atoms with Crippen LogP contribution in [-0.4, -0.2) is 61.8 Å². The summed E-state index contributed by atoms with van der Waals surface area (Å²) in [5, 5.41) is 10.5. The summed E-state index contributed by atoms with van der Waals surface area (Å²) >= 11 is 0. The van der Waals surface area contributed by atoms with E-state index < -0.39 is 15.8 Å². The molecule has 2 heterocycles. The second-order valence-electron chi connectivity index (χ2n) is 11.0. The molecule has 14 heteroatoms. The number of aromatic nitrogens is 3. The van der Waals surface area contributed by atoms with Crippen molar-refractivity contribution < 1.29 is 27.1 Å². The first-order valence-corrected chi connectivity index (χ1v) is 16.8. The molecule has 0 unspecified atom stereocenters. The van der Waals surface area contributed by atoms with E-state index in [1.807, 2.05) is 18.2 Å². The second kappa shape index (κ2) is 15.4. The third kappa shape index (κ3) is 8.16. The van der Waals surface area contributed by atoms with Crippen molar-refractivity contribution >= 4 is 57.0 Å². The quantitative estimate of drug-likeness (QED) is 0.157. The molecule has 48 heavy (non-hydrogen) atoms. The lowest BCUT2D eigenvalue weighted by Crippen LogP contribution is -2.28. The Labute approximate surface area is 284 Å². The highest BCUT2D eigenvalue weighted by molar-refractivity contribution is 7.90. The fourth-order valence-electron chi connectivity index (χ4n) is 4.99. The summed E-state index contributed by atoms with van der Waals surface area (Å²) in [6, 6.07) is 21.1. The van der Waals surface area contributed by atoms with Crippen LogP contribution >= 0.6 is 12.4 Å². The lowest BCUT2D eigenvalue weighted by Gasteiger charge is -2.22. The molecule has 2 aromatic heterocycles. The number of fused-ring (bicyclic) bond motifs is 1. The van der Waals surface area contributed by atoms with E-state index in [9.17, 15) is 22.4 Å². The monoisotopic (exact) mass is 694 g/mol. The van der Waals surface area contributed by atoms with Crippen molar-refractivity contribution in [2.45, 2.75) is 30.6 Å². The maximum Gasteiger partial charge on any atom is 0.257 e. The standard InChI is InChI=1S/C34H35FN6O5S.ClH/c1-22(23-7-12-26(35)13-8-23)33(43)37-27-14-9-24(10-15-27)25-11-18-31-38-34(39-40(31)21-25)41(32(42)6-5-19-36-2)29-17-16-28(47(4,44)45)20-30(29)46-3;/h7-18,20-22,36H,5-6,19H2,1-4H3,(H,37,43);1H/t22-;/m1./s1. The maximum absolute atomic E-state index is 13.6. The van der Waals surface area contributed by atoms with Gasteiger partial charge in [0.2, 0.25) is 11.8 Å². The van der Waals surface area contributed by atoms with Crippen LogP contribution in [0.15, 0.2) is 90.0 Å². The number of rotatable bonds is 12. The Balaban J connectivity index is 0.00000520. The van der Waals surface area contributed by atoms with Crippen LogP contribution in [-0.2, 0) is 19.4 Å². The molecule has 0 fully saturated rings. The smallest absolute Gasteiger partial charge is 0.257 e. The average Bonchev–Trinajstić information content (AvgIpc) is 3.48. The number of amides is 2. The molecule has 0 aliphatic rings. The first-order valence-electron chi connectivity index (χ1n) is 14.9. The van der Waals surface area contributed by atoms with Crippen molar-refractivity contribution in [2.24, 2.45) is 0 Å². The molecule has 5 aromatic rings. The Morgan fingerprint density at radius 3 is 2.33 bits per heavy atom. The van der Waals surface area contributed by atoms with Crippen LogP contribution in [0.1, 0.15) is 31.2 Å². The van der Waals surface area contributed by atoms with E-state index >= 15 is 0 Å². The molecular formula is C34H36ClFN6O5S. The number of hydrogen-bond acceptors (Lipinski definition) is 8. The molecule has 0 radical (unpaired) electrons. The molecule has 0 aliphatic heterocycles. The van der Waals surface area contributed by atoms with Gasteiger partial charge in [0.1, 0.15) is 11.6 Å². The molecule has 0 aliphatic carbocycles. The first-order chi connectivity index (χ1) is 22.5. The van der Waals surface area contributed by atoms with Crippen LogP contribution < -0.4 is 20.3 Å². The number of nitrogens with one attached hydrogen (secondary N) is 2. The van der Waals surface area contributed by atoms with Gasteiger partial charge in [-0.25, -0.2) is 22.2 Å². The molecule has 252 valence electrons. The topological polar surface area (TPSA) is 135 Å². The molecule has 0 bridgehead atoms. The van der Waals surface area contributed by atoms with E-state index in [2.05, 4.69) is 20.7 Å². The molecule has 0 spiro atoms. The lowest BCUT2D eigenvalue weighted by atomic mass is 10.00. The van der Waals surface area contributed by atoms with Crippen LogP contribution in [0.2, 0.25) is 0 Å². The Morgan fingerprint density at radius 2 is 1.69 bits per heavy atom. The van der Waals surface area contributed by atoms with Crippen LogP contribution in [0, 0.1) is 5.82 Å². The van der Waals surface area contributed by atoms with Crippen LogP contribution in [0.3, 0.4) is 0 Å². The van der Waals surface area contributed by atoms with E-state index in [0.717, 1.165) is 17.4 Å². The fraction of sp³-hybridized carbons (Fsp3) is 0.235. The minimum absolute atomic E-state index is 0. The molecule has 11 nitrogen and oxygen atoms in total. The number of anilines is 3. The fourth-order valence-corrected chi connectivity index (χ4v) is 5.63. The Morgan fingerprint density at radius 1 is 1.00 bits per heavy atom. The second-order valence-corrected chi connectivity index (χ2v) is 13.0. The summed E-state index contributed by atoms with van der Waals surface area (Å²) in [6.45, 7) is 2.39. The van der Waals surface area contributed by atoms with Crippen molar-refractivity contribution in [1.82, 2.24) is 19.9 Å². The van der Waals surface area contributed by atoms with Gasteiger partial charge in [0.05, 0.1) is 23.6 Å². The van der Waals surface area contributed by atoms with Gasteiger partial charge < -0.3 is 15.4 Å². The van der Waals surface area contributed by atoms with Gasteiger partial charge in [-0.05, 0) is 86.6 Å². The van der Waals surface area contributed by atoms with Gasteiger partial charge in [0.25, 0.3) is 5.95 Å². The van der Waals surface area contributed by atoms with E-state index in [1.165, 1.54) is 42.3 Å². The van der Waals surface area contributed by atoms with Gasteiger partial charge in [-0.3, -0.25) is 9.59 Å². The number of ether oxygens (including phenoxy) is 1. The molecule has 2 N–H and O–H groups in total. The number of halogens is 2. The van der Waals surface area contributed by atoms with Crippen molar-refractivity contribution in [2.75, 3.05) is 37.2 Å². The van der Waals surface area contributed by atoms with Crippen LogP contribution in [0.25, 0.3) is 16.8 Å². The van der Waals surface area contributed by atoms with E-state index in [-0.39, 0.29) is 53.1 Å². The summed E-state index contributed by atoms with van der Waals surface area (Å²) in [4.78, 5) is 32.4. The summed E-state index contributed by atoms with van der Waals surface area (Å²) in [7, 11) is -0.311. The number of nitrogens with zero attached hydrogens (tertiary/aromatic N) is 4.